The van der Waals surface area contributed by atoms with E-state index in [1.165, 1.54) is 0 Å². The molecule has 4 nitrogen and oxygen atoms in total. The second-order valence-corrected chi connectivity index (χ2v) is 2.72. The SMILES string of the molecule is Nc1cc(C(=O)O)c(F)cc1OC(F)(F)F. The number of aromatic carboxylic acids is 1. The van der Waals surface area contributed by atoms with Gasteiger partial charge in [0, 0.05) is 6.07 Å². The highest BCUT2D eigenvalue weighted by Crippen LogP contribution is 2.30. The number of rotatable bonds is 2. The third-order valence-corrected chi connectivity index (χ3v) is 1.56. The third-order valence-electron chi connectivity index (χ3n) is 1.56. The Morgan fingerprint density at radius 2 is 1.94 bits per heavy atom. The number of hydrogen-bond acceptors (Lipinski definition) is 3. The van der Waals surface area contributed by atoms with E-state index in [1.54, 1.807) is 0 Å². The van der Waals surface area contributed by atoms with Gasteiger partial charge in [-0.05, 0) is 6.07 Å². The molecule has 0 aliphatic carbocycles. The number of nitrogen functional groups attached to an aromatic ring is 1. The highest BCUT2D eigenvalue weighted by molar-refractivity contribution is 5.89. The number of ether oxygens (including phenoxy) is 1. The van der Waals surface area contributed by atoms with Crippen LogP contribution in [0.2, 0.25) is 0 Å². The van der Waals surface area contributed by atoms with Crippen LogP contribution in [0.5, 0.6) is 5.75 Å². The number of carbonyl (C=O) groups is 1. The minimum atomic E-state index is -5.02. The summed E-state index contributed by atoms with van der Waals surface area (Å²) < 4.78 is 51.7. The molecule has 0 saturated heterocycles. The minimum Gasteiger partial charge on any atom is -0.478 e. The van der Waals surface area contributed by atoms with Crippen molar-refractivity contribution >= 4 is 11.7 Å². The zero-order valence-corrected chi connectivity index (χ0v) is 7.51. The van der Waals surface area contributed by atoms with Crippen molar-refractivity contribution in [3.63, 3.8) is 0 Å². The van der Waals surface area contributed by atoms with Crippen molar-refractivity contribution in [2.75, 3.05) is 5.73 Å². The molecule has 0 heterocycles. The summed E-state index contributed by atoms with van der Waals surface area (Å²) in [6.07, 6.45) is -5.02. The Morgan fingerprint density at radius 1 is 1.38 bits per heavy atom. The predicted octanol–water partition coefficient (Wildman–Crippen LogP) is 2.00. The molecule has 0 unspecified atom stereocenters. The van der Waals surface area contributed by atoms with E-state index in [0.717, 1.165) is 0 Å². The van der Waals surface area contributed by atoms with Gasteiger partial charge in [-0.3, -0.25) is 0 Å². The molecule has 3 N–H and O–H groups in total. The lowest BCUT2D eigenvalue weighted by molar-refractivity contribution is -0.274. The number of carboxylic acids is 1. The highest BCUT2D eigenvalue weighted by atomic mass is 19.4. The van der Waals surface area contributed by atoms with Crippen LogP contribution in [-0.4, -0.2) is 17.4 Å². The maximum absolute atomic E-state index is 13.0. The number of anilines is 1. The van der Waals surface area contributed by atoms with Gasteiger partial charge in [0.2, 0.25) is 0 Å². The first kappa shape index (κ1) is 12.1. The van der Waals surface area contributed by atoms with Crippen molar-refractivity contribution < 1.29 is 32.2 Å². The Morgan fingerprint density at radius 3 is 2.38 bits per heavy atom. The van der Waals surface area contributed by atoms with E-state index in [-0.39, 0.29) is 6.07 Å². The Balaban J connectivity index is 3.16. The van der Waals surface area contributed by atoms with E-state index in [4.69, 9.17) is 10.8 Å². The molecular formula is C8H5F4NO3. The average molecular weight is 239 g/mol. The number of hydrogen-bond donors (Lipinski definition) is 2. The summed E-state index contributed by atoms with van der Waals surface area (Å²) in [4.78, 5) is 10.4. The highest BCUT2D eigenvalue weighted by Gasteiger charge is 2.32. The Kier molecular flexibility index (Phi) is 2.92. The standard InChI is InChI=1S/C8H5F4NO3/c9-4-2-6(16-8(10,11)12)5(13)1-3(4)7(14)15/h1-2H,13H2,(H,14,15). The molecule has 16 heavy (non-hydrogen) atoms. The molecular weight excluding hydrogens is 234 g/mol. The van der Waals surface area contributed by atoms with E-state index >= 15 is 0 Å². The monoisotopic (exact) mass is 239 g/mol. The van der Waals surface area contributed by atoms with Gasteiger partial charge in [-0.2, -0.15) is 0 Å². The summed E-state index contributed by atoms with van der Waals surface area (Å²) in [5, 5.41) is 8.45. The fourth-order valence-electron chi connectivity index (χ4n) is 0.949. The van der Waals surface area contributed by atoms with Gasteiger partial charge >= 0.3 is 12.3 Å². The molecule has 8 heteroatoms. The Hall–Kier alpha value is -1.99. The molecule has 0 fully saturated rings. The van der Waals surface area contributed by atoms with Gasteiger partial charge in [-0.15, -0.1) is 13.2 Å². The third kappa shape index (κ3) is 2.75. The molecule has 0 radical (unpaired) electrons. The topological polar surface area (TPSA) is 72.6 Å². The van der Waals surface area contributed by atoms with Crippen molar-refractivity contribution in [3.8, 4) is 5.75 Å². The van der Waals surface area contributed by atoms with Crippen LogP contribution in [0.4, 0.5) is 23.2 Å². The molecule has 0 amide bonds. The average Bonchev–Trinajstić information content (AvgIpc) is 2.07. The lowest BCUT2D eigenvalue weighted by atomic mass is 10.2. The lowest BCUT2D eigenvalue weighted by Crippen LogP contribution is -2.18. The quantitative estimate of drug-likeness (QED) is 0.611. The van der Waals surface area contributed by atoms with Crippen LogP contribution in [0.3, 0.4) is 0 Å². The maximum atomic E-state index is 13.0. The van der Waals surface area contributed by atoms with Gasteiger partial charge in [-0.25, -0.2) is 9.18 Å². The Bertz CT molecular complexity index is 430. The molecule has 0 aromatic heterocycles. The molecule has 0 bridgehead atoms. The van der Waals surface area contributed by atoms with Crippen molar-refractivity contribution in [2.45, 2.75) is 6.36 Å². The van der Waals surface area contributed by atoms with Gasteiger partial charge in [0.1, 0.15) is 5.82 Å². The number of carboxylic acid groups (broad SMARTS) is 1. The summed E-state index contributed by atoms with van der Waals surface area (Å²) in [6.45, 7) is 0. The first-order chi connectivity index (χ1) is 7.20. The van der Waals surface area contributed by atoms with Crippen LogP contribution in [0.25, 0.3) is 0 Å². The molecule has 0 atom stereocenters. The summed E-state index contributed by atoms with van der Waals surface area (Å²) in [6, 6.07) is 0.824. The predicted molar refractivity (Wildman–Crippen MR) is 44.5 cm³/mol. The number of benzene rings is 1. The summed E-state index contributed by atoms with van der Waals surface area (Å²) in [7, 11) is 0. The second-order valence-electron chi connectivity index (χ2n) is 2.72. The van der Waals surface area contributed by atoms with E-state index in [9.17, 15) is 22.4 Å². The fourth-order valence-corrected chi connectivity index (χ4v) is 0.949. The smallest absolute Gasteiger partial charge is 0.478 e. The van der Waals surface area contributed by atoms with Gasteiger partial charge in [-0.1, -0.05) is 0 Å². The second kappa shape index (κ2) is 3.87. The number of halogens is 4. The van der Waals surface area contributed by atoms with E-state index < -0.39 is 35.1 Å². The molecule has 0 saturated carbocycles. The molecule has 1 aromatic rings. The maximum Gasteiger partial charge on any atom is 0.573 e. The Labute approximate surface area is 86.2 Å². The molecule has 0 aliphatic heterocycles. The molecule has 0 spiro atoms. The van der Waals surface area contributed by atoms with Gasteiger partial charge < -0.3 is 15.6 Å². The molecule has 1 rings (SSSR count). The van der Waals surface area contributed by atoms with Crippen LogP contribution in [0, 0.1) is 5.82 Å². The van der Waals surface area contributed by atoms with Crippen LogP contribution < -0.4 is 10.5 Å². The molecule has 0 aliphatic rings. The zero-order chi connectivity index (χ0) is 12.5. The lowest BCUT2D eigenvalue weighted by Gasteiger charge is -2.11. The van der Waals surface area contributed by atoms with Crippen molar-refractivity contribution in [1.82, 2.24) is 0 Å². The number of nitrogens with two attached hydrogens (primary N) is 1. The van der Waals surface area contributed by atoms with Gasteiger partial charge in [0.05, 0.1) is 11.3 Å². The van der Waals surface area contributed by atoms with E-state index in [1.807, 2.05) is 0 Å². The van der Waals surface area contributed by atoms with Crippen molar-refractivity contribution in [1.29, 1.82) is 0 Å². The molecule has 88 valence electrons. The summed E-state index contributed by atoms with van der Waals surface area (Å²) in [5.41, 5.74) is 3.64. The van der Waals surface area contributed by atoms with Gasteiger partial charge in [0.15, 0.2) is 5.75 Å². The van der Waals surface area contributed by atoms with Crippen molar-refractivity contribution in [3.05, 3.63) is 23.5 Å². The molecule has 1 aromatic carbocycles. The van der Waals surface area contributed by atoms with Crippen LogP contribution in [-0.2, 0) is 0 Å². The van der Waals surface area contributed by atoms with Crippen LogP contribution in [0.1, 0.15) is 10.4 Å². The van der Waals surface area contributed by atoms with E-state index in [2.05, 4.69) is 4.74 Å². The van der Waals surface area contributed by atoms with Crippen LogP contribution >= 0.6 is 0 Å². The number of alkyl halides is 3. The summed E-state index contributed by atoms with van der Waals surface area (Å²) >= 11 is 0. The van der Waals surface area contributed by atoms with Crippen molar-refractivity contribution in [2.24, 2.45) is 0 Å². The van der Waals surface area contributed by atoms with Crippen LogP contribution in [0.15, 0.2) is 12.1 Å². The van der Waals surface area contributed by atoms with E-state index in [0.29, 0.717) is 6.07 Å². The first-order valence-electron chi connectivity index (χ1n) is 3.79. The summed E-state index contributed by atoms with van der Waals surface area (Å²) in [5.74, 6) is -3.97. The first-order valence-corrected chi connectivity index (χ1v) is 3.79. The minimum absolute atomic E-state index is 0.270. The fraction of sp³-hybridized carbons (Fsp3) is 0.125. The van der Waals surface area contributed by atoms with Gasteiger partial charge in [0.25, 0.3) is 0 Å². The zero-order valence-electron chi connectivity index (χ0n) is 7.51. The normalized spacial score (nSPS) is 11.2. The largest absolute Gasteiger partial charge is 0.573 e.